The summed E-state index contributed by atoms with van der Waals surface area (Å²) in [5.41, 5.74) is 6.42. The molecule has 7 heteroatoms. The minimum absolute atomic E-state index is 0. The molecule has 3 N–H and O–H groups in total. The Labute approximate surface area is 116 Å². The minimum Gasteiger partial charge on any atom is -0.368 e. The number of fused-ring (bicyclic) bond motifs is 1. The molecule has 57 valence electrons. The minimum atomic E-state index is 0. The van der Waals surface area contributed by atoms with Gasteiger partial charge in [0.2, 0.25) is 5.95 Å². The summed E-state index contributed by atoms with van der Waals surface area (Å²) < 4.78 is 0. The van der Waals surface area contributed by atoms with Gasteiger partial charge in [-0.05, 0) is 0 Å². The van der Waals surface area contributed by atoms with Gasteiger partial charge in [0, 0.05) is 51.4 Å². The Kier molecular flexibility index (Phi) is 3.44. The zero-order chi connectivity index (χ0) is 7.84. The van der Waals surface area contributed by atoms with Crippen molar-refractivity contribution in [1.29, 1.82) is 0 Å². The summed E-state index contributed by atoms with van der Waals surface area (Å²) in [6, 6.07) is 0. The largest absolute Gasteiger partial charge is 0.368 e. The molecule has 12 heavy (non-hydrogen) atoms. The van der Waals surface area contributed by atoms with Crippen LogP contribution in [0.4, 0.5) is 5.95 Å². The van der Waals surface area contributed by atoms with E-state index in [4.69, 9.17) is 17.3 Å². The Morgan fingerprint density at radius 2 is 2.17 bits per heavy atom. The third-order valence-corrected chi connectivity index (χ3v) is 1.53. The second-order valence-electron chi connectivity index (χ2n) is 1.97. The standard InChI is InChI=1S/C5H4ClN5.K/c6-3-2-4(9-1-8-2)11-5(7)10-3;/h1H,(H3,7,8,9,10,11);. The molecule has 2 aromatic heterocycles. The number of imidazole rings is 1. The van der Waals surface area contributed by atoms with Gasteiger partial charge < -0.3 is 10.7 Å². The number of nitrogens with zero attached hydrogens (tertiary/aromatic N) is 3. The molecule has 2 heterocycles. The fourth-order valence-corrected chi connectivity index (χ4v) is 1.04. The van der Waals surface area contributed by atoms with Gasteiger partial charge in [-0.1, -0.05) is 11.6 Å². The SMILES string of the molecule is Nc1nc(Cl)c2[nH]cnc2n1.[K]. The van der Waals surface area contributed by atoms with Crippen molar-refractivity contribution < 1.29 is 0 Å². The molecular weight excluding hydrogens is 205 g/mol. The van der Waals surface area contributed by atoms with Gasteiger partial charge in [0.1, 0.15) is 5.52 Å². The van der Waals surface area contributed by atoms with Crippen LogP contribution in [0.2, 0.25) is 5.15 Å². The molecule has 0 unspecified atom stereocenters. The maximum atomic E-state index is 5.70. The van der Waals surface area contributed by atoms with Crippen molar-refractivity contribution in [3.63, 3.8) is 0 Å². The number of anilines is 1. The van der Waals surface area contributed by atoms with Crippen LogP contribution >= 0.6 is 11.6 Å². The van der Waals surface area contributed by atoms with Crippen molar-refractivity contribution in [1.82, 2.24) is 19.9 Å². The average molecular weight is 209 g/mol. The average Bonchev–Trinajstić information content (AvgIpc) is 2.34. The van der Waals surface area contributed by atoms with Crippen LogP contribution in [0.25, 0.3) is 11.2 Å². The number of nitrogens with one attached hydrogen (secondary N) is 1. The molecule has 2 aromatic rings. The van der Waals surface area contributed by atoms with Gasteiger partial charge in [0.05, 0.1) is 6.33 Å². The maximum Gasteiger partial charge on any atom is 0.223 e. The normalized spacial score (nSPS) is 9.75. The first-order chi connectivity index (χ1) is 5.27. The maximum absolute atomic E-state index is 5.70. The fourth-order valence-electron chi connectivity index (χ4n) is 0.814. The van der Waals surface area contributed by atoms with Crippen molar-refractivity contribution in [3.05, 3.63) is 11.5 Å². The Balaban J connectivity index is 0.000000720. The summed E-state index contributed by atoms with van der Waals surface area (Å²) in [7, 11) is 0. The van der Waals surface area contributed by atoms with Crippen molar-refractivity contribution in [2.75, 3.05) is 5.73 Å². The molecule has 0 amide bonds. The molecule has 0 fully saturated rings. The van der Waals surface area contributed by atoms with Crippen molar-refractivity contribution in [3.8, 4) is 0 Å². The van der Waals surface area contributed by atoms with Crippen LogP contribution in [-0.2, 0) is 0 Å². The molecule has 0 aromatic carbocycles. The Hall–Kier alpha value is 0.276. The van der Waals surface area contributed by atoms with E-state index in [2.05, 4.69) is 19.9 Å². The van der Waals surface area contributed by atoms with Gasteiger partial charge in [-0.25, -0.2) is 4.98 Å². The molecule has 0 aliphatic carbocycles. The molecule has 0 aliphatic rings. The third-order valence-electron chi connectivity index (χ3n) is 1.26. The second kappa shape index (κ2) is 3.99. The predicted molar refractivity (Wildman–Crippen MR) is 46.9 cm³/mol. The van der Waals surface area contributed by atoms with Crippen molar-refractivity contribution in [2.24, 2.45) is 0 Å². The zero-order valence-electron chi connectivity index (χ0n) is 6.37. The van der Waals surface area contributed by atoms with E-state index in [0.717, 1.165) is 0 Å². The number of nitrogen functional groups attached to an aromatic ring is 1. The molecule has 2 rings (SSSR count). The number of rotatable bonds is 0. The number of hydrogen-bond acceptors (Lipinski definition) is 4. The summed E-state index contributed by atoms with van der Waals surface area (Å²) in [5, 5.41) is 0.296. The van der Waals surface area contributed by atoms with Gasteiger partial charge in [-0.3, -0.25) is 0 Å². The van der Waals surface area contributed by atoms with Crippen LogP contribution in [-0.4, -0.2) is 71.3 Å². The molecule has 0 aliphatic heterocycles. The van der Waals surface area contributed by atoms with Crippen LogP contribution in [0, 0.1) is 0 Å². The summed E-state index contributed by atoms with van der Waals surface area (Å²) >= 11 is 5.70. The summed E-state index contributed by atoms with van der Waals surface area (Å²) in [5.74, 6) is 0.134. The number of nitrogens with two attached hydrogens (primary N) is 1. The predicted octanol–water partition coefficient (Wildman–Crippen LogP) is 0.208. The molecule has 0 bridgehead atoms. The van der Waals surface area contributed by atoms with Gasteiger partial charge >= 0.3 is 0 Å². The number of H-pyrrole nitrogens is 1. The first-order valence-corrected chi connectivity index (χ1v) is 3.27. The number of hydrogen-bond donors (Lipinski definition) is 2. The summed E-state index contributed by atoms with van der Waals surface area (Å²) in [4.78, 5) is 14.2. The van der Waals surface area contributed by atoms with Crippen LogP contribution in [0.15, 0.2) is 6.33 Å². The fraction of sp³-hybridized carbons (Fsp3) is 0. The quantitative estimate of drug-likeness (QED) is 0.479. The Morgan fingerprint density at radius 3 is 2.92 bits per heavy atom. The van der Waals surface area contributed by atoms with E-state index in [1.54, 1.807) is 0 Å². The summed E-state index contributed by atoms with van der Waals surface area (Å²) in [6.07, 6.45) is 1.49. The third kappa shape index (κ3) is 1.78. The first kappa shape index (κ1) is 10.4. The second-order valence-corrected chi connectivity index (χ2v) is 2.33. The van der Waals surface area contributed by atoms with Crippen LogP contribution in [0.3, 0.4) is 0 Å². The molecule has 0 saturated heterocycles. The van der Waals surface area contributed by atoms with Gasteiger partial charge in [-0.2, -0.15) is 9.97 Å². The topological polar surface area (TPSA) is 80.5 Å². The van der Waals surface area contributed by atoms with Gasteiger partial charge in [-0.15, -0.1) is 0 Å². The zero-order valence-corrected chi connectivity index (χ0v) is 10.3. The van der Waals surface area contributed by atoms with Crippen LogP contribution in [0.1, 0.15) is 0 Å². The van der Waals surface area contributed by atoms with Crippen molar-refractivity contribution in [2.45, 2.75) is 0 Å². The Morgan fingerprint density at radius 1 is 1.42 bits per heavy atom. The molecule has 1 radical (unpaired) electrons. The monoisotopic (exact) mass is 208 g/mol. The van der Waals surface area contributed by atoms with Gasteiger partial charge in [0.15, 0.2) is 10.8 Å². The van der Waals surface area contributed by atoms with Crippen LogP contribution in [0.5, 0.6) is 0 Å². The number of aromatic amines is 1. The van der Waals surface area contributed by atoms with E-state index in [0.29, 0.717) is 16.3 Å². The Bertz CT molecular complexity index is 400. The van der Waals surface area contributed by atoms with E-state index in [1.807, 2.05) is 0 Å². The van der Waals surface area contributed by atoms with E-state index in [-0.39, 0.29) is 57.3 Å². The van der Waals surface area contributed by atoms with E-state index in [1.165, 1.54) is 6.33 Å². The molecule has 5 nitrogen and oxygen atoms in total. The number of aromatic nitrogens is 4. The van der Waals surface area contributed by atoms with Crippen LogP contribution < -0.4 is 5.73 Å². The van der Waals surface area contributed by atoms with E-state index < -0.39 is 0 Å². The molecule has 0 saturated carbocycles. The van der Waals surface area contributed by atoms with E-state index >= 15 is 0 Å². The molecule has 0 spiro atoms. The molecular formula is C5H4ClKN5. The molecule has 0 atom stereocenters. The number of halogens is 1. The first-order valence-electron chi connectivity index (χ1n) is 2.89. The summed E-state index contributed by atoms with van der Waals surface area (Å²) in [6.45, 7) is 0. The van der Waals surface area contributed by atoms with Crippen molar-refractivity contribution >= 4 is 80.1 Å². The van der Waals surface area contributed by atoms with Gasteiger partial charge in [0.25, 0.3) is 0 Å². The van der Waals surface area contributed by atoms with E-state index in [9.17, 15) is 0 Å². The smallest absolute Gasteiger partial charge is 0.223 e.